The second-order valence-corrected chi connectivity index (χ2v) is 5.84. The average Bonchev–Trinajstić information content (AvgIpc) is 2.66. The fraction of sp³-hybridized carbons (Fsp3) is 0.143. The van der Waals surface area contributed by atoms with Crippen molar-refractivity contribution in [2.75, 3.05) is 0 Å². The zero-order chi connectivity index (χ0) is 18.6. The third-order valence-corrected chi connectivity index (χ3v) is 3.94. The van der Waals surface area contributed by atoms with Crippen LogP contribution in [-0.2, 0) is 19.4 Å². The minimum absolute atomic E-state index is 0.202. The fourth-order valence-electron chi connectivity index (χ4n) is 2.67. The van der Waals surface area contributed by atoms with E-state index in [1.807, 2.05) is 30.3 Å². The topological polar surface area (TPSA) is 29.5 Å². The van der Waals surface area contributed by atoms with E-state index in [1.54, 1.807) is 30.3 Å². The summed E-state index contributed by atoms with van der Waals surface area (Å²) in [5.74, 6) is 0.486. The molecular weight excluding hydrogens is 341 g/mol. The molecule has 3 rings (SSSR count). The largest absolute Gasteiger partial charge is 0.488 e. The maximum absolute atomic E-state index is 13.2. The smallest absolute Gasteiger partial charge is 0.416 e. The molecule has 0 fully saturated rings. The summed E-state index contributed by atoms with van der Waals surface area (Å²) in [5, 5.41) is 9.32. The van der Waals surface area contributed by atoms with Crippen molar-refractivity contribution in [3.8, 4) is 16.9 Å². The van der Waals surface area contributed by atoms with E-state index in [4.69, 9.17) is 4.74 Å². The summed E-state index contributed by atoms with van der Waals surface area (Å²) in [6.07, 6.45) is -4.49. The third-order valence-electron chi connectivity index (χ3n) is 3.94. The first-order valence-electron chi connectivity index (χ1n) is 8.05. The number of para-hydroxylation sites is 1. The summed E-state index contributed by atoms with van der Waals surface area (Å²) in [6, 6.07) is 20.0. The van der Waals surface area contributed by atoms with Crippen LogP contribution < -0.4 is 4.74 Å². The van der Waals surface area contributed by atoms with Crippen LogP contribution in [0.5, 0.6) is 5.75 Å². The van der Waals surface area contributed by atoms with Crippen molar-refractivity contribution in [3.05, 3.63) is 89.5 Å². The molecule has 5 heteroatoms. The van der Waals surface area contributed by atoms with E-state index >= 15 is 0 Å². The van der Waals surface area contributed by atoms with Gasteiger partial charge in [0.15, 0.2) is 0 Å². The van der Waals surface area contributed by atoms with Gasteiger partial charge in [-0.15, -0.1) is 0 Å². The van der Waals surface area contributed by atoms with Crippen LogP contribution >= 0.6 is 0 Å². The normalized spacial score (nSPS) is 11.4. The highest BCUT2D eigenvalue weighted by atomic mass is 19.4. The zero-order valence-electron chi connectivity index (χ0n) is 13.8. The lowest BCUT2D eigenvalue weighted by Gasteiger charge is -2.15. The van der Waals surface area contributed by atoms with Gasteiger partial charge in [0.2, 0.25) is 0 Å². The monoisotopic (exact) mass is 358 g/mol. The molecule has 0 saturated carbocycles. The lowest BCUT2D eigenvalue weighted by Crippen LogP contribution is -2.06. The Balaban J connectivity index is 1.97. The summed E-state index contributed by atoms with van der Waals surface area (Å²) < 4.78 is 45.3. The number of halogens is 3. The highest BCUT2D eigenvalue weighted by molar-refractivity contribution is 5.71. The van der Waals surface area contributed by atoms with Crippen LogP contribution in [0.1, 0.15) is 16.7 Å². The molecule has 26 heavy (non-hydrogen) atoms. The maximum Gasteiger partial charge on any atom is 0.416 e. The Bertz CT molecular complexity index is 874. The molecule has 0 radical (unpaired) electrons. The number of aliphatic hydroxyl groups excluding tert-OH is 1. The van der Waals surface area contributed by atoms with Crippen molar-refractivity contribution in [2.45, 2.75) is 19.4 Å². The molecule has 0 aromatic heterocycles. The first kappa shape index (κ1) is 18.0. The number of aliphatic hydroxyl groups is 1. The van der Waals surface area contributed by atoms with Gasteiger partial charge in [0, 0.05) is 5.56 Å². The molecule has 0 bridgehead atoms. The van der Waals surface area contributed by atoms with Crippen LogP contribution in [0.15, 0.2) is 72.8 Å². The van der Waals surface area contributed by atoms with Gasteiger partial charge in [0.25, 0.3) is 0 Å². The van der Waals surface area contributed by atoms with Crippen molar-refractivity contribution < 1.29 is 23.0 Å². The average molecular weight is 358 g/mol. The minimum Gasteiger partial charge on any atom is -0.488 e. The number of rotatable bonds is 5. The van der Waals surface area contributed by atoms with E-state index in [1.165, 1.54) is 0 Å². The van der Waals surface area contributed by atoms with E-state index < -0.39 is 18.3 Å². The molecule has 134 valence electrons. The van der Waals surface area contributed by atoms with Crippen molar-refractivity contribution in [1.29, 1.82) is 0 Å². The lowest BCUT2D eigenvalue weighted by molar-refractivity contribution is -0.137. The second-order valence-electron chi connectivity index (χ2n) is 5.84. The predicted octanol–water partition coefficient (Wildman–Crippen LogP) is 5.44. The van der Waals surface area contributed by atoms with Crippen molar-refractivity contribution in [1.82, 2.24) is 0 Å². The Morgan fingerprint density at radius 1 is 0.808 bits per heavy atom. The highest BCUT2D eigenvalue weighted by Gasteiger charge is 2.31. The Labute approximate surface area is 149 Å². The Morgan fingerprint density at radius 3 is 2.19 bits per heavy atom. The molecule has 2 nitrogen and oxygen atoms in total. The molecule has 0 aliphatic rings. The predicted molar refractivity (Wildman–Crippen MR) is 93.6 cm³/mol. The molecule has 1 N–H and O–H groups in total. The Kier molecular flexibility index (Phi) is 5.28. The number of alkyl halides is 3. The van der Waals surface area contributed by atoms with Crippen molar-refractivity contribution >= 4 is 0 Å². The molecule has 0 saturated heterocycles. The van der Waals surface area contributed by atoms with Gasteiger partial charge in [0.1, 0.15) is 12.4 Å². The van der Waals surface area contributed by atoms with E-state index in [2.05, 4.69) is 0 Å². The van der Waals surface area contributed by atoms with Gasteiger partial charge in [-0.1, -0.05) is 48.5 Å². The molecular formula is C21H17F3O2. The number of ether oxygens (including phenoxy) is 1. The summed E-state index contributed by atoms with van der Waals surface area (Å²) in [6.45, 7) is -0.159. The van der Waals surface area contributed by atoms with Crippen molar-refractivity contribution in [2.24, 2.45) is 0 Å². The van der Waals surface area contributed by atoms with E-state index in [0.29, 0.717) is 23.5 Å². The number of benzene rings is 3. The van der Waals surface area contributed by atoms with Crippen LogP contribution in [0.4, 0.5) is 13.2 Å². The van der Waals surface area contributed by atoms with Gasteiger partial charge >= 0.3 is 6.18 Å². The molecule has 0 atom stereocenters. The Hall–Kier alpha value is -2.79. The molecule has 0 heterocycles. The number of hydrogen-bond donors (Lipinski definition) is 1. The minimum atomic E-state index is -4.49. The van der Waals surface area contributed by atoms with Crippen molar-refractivity contribution in [3.63, 3.8) is 0 Å². The molecule has 0 amide bonds. The summed E-state index contributed by atoms with van der Waals surface area (Å²) >= 11 is 0. The standard InChI is InChI=1S/C21H17F3O2/c22-21(23,24)18-11-16(13-25)10-17(12-18)19-8-4-5-9-20(19)26-14-15-6-2-1-3-7-15/h1-12,25H,13-14H2. The van der Waals surface area contributed by atoms with E-state index in [-0.39, 0.29) is 5.56 Å². The first-order chi connectivity index (χ1) is 12.5. The zero-order valence-corrected chi connectivity index (χ0v) is 13.8. The molecule has 3 aromatic rings. The summed E-state index contributed by atoms with van der Waals surface area (Å²) in [7, 11) is 0. The lowest BCUT2D eigenvalue weighted by atomic mass is 9.99. The molecule has 0 unspecified atom stereocenters. The molecule has 0 aliphatic carbocycles. The van der Waals surface area contributed by atoms with Crippen LogP contribution in [0, 0.1) is 0 Å². The molecule has 3 aromatic carbocycles. The van der Waals surface area contributed by atoms with E-state index in [9.17, 15) is 18.3 Å². The maximum atomic E-state index is 13.2. The van der Waals surface area contributed by atoms with Crippen LogP contribution in [-0.4, -0.2) is 5.11 Å². The van der Waals surface area contributed by atoms with Gasteiger partial charge in [-0.2, -0.15) is 13.2 Å². The highest BCUT2D eigenvalue weighted by Crippen LogP contribution is 2.36. The summed E-state index contributed by atoms with van der Waals surface area (Å²) in [5.41, 5.74) is 1.27. The Morgan fingerprint density at radius 2 is 1.50 bits per heavy atom. The number of hydrogen-bond acceptors (Lipinski definition) is 2. The second kappa shape index (κ2) is 7.62. The van der Waals surface area contributed by atoms with Gasteiger partial charge in [-0.05, 0) is 41.0 Å². The fourth-order valence-corrected chi connectivity index (χ4v) is 2.67. The van der Waals surface area contributed by atoms with Crippen LogP contribution in [0.25, 0.3) is 11.1 Å². The van der Waals surface area contributed by atoms with Crippen LogP contribution in [0.3, 0.4) is 0 Å². The quantitative estimate of drug-likeness (QED) is 0.658. The molecule has 0 spiro atoms. The SMILES string of the molecule is OCc1cc(-c2ccccc2OCc2ccccc2)cc(C(F)(F)F)c1. The van der Waals surface area contributed by atoms with E-state index in [0.717, 1.165) is 17.7 Å². The van der Waals surface area contributed by atoms with Gasteiger partial charge in [-0.3, -0.25) is 0 Å². The summed E-state index contributed by atoms with van der Waals surface area (Å²) in [4.78, 5) is 0. The van der Waals surface area contributed by atoms with Gasteiger partial charge in [-0.25, -0.2) is 0 Å². The third kappa shape index (κ3) is 4.24. The molecule has 0 aliphatic heterocycles. The first-order valence-corrected chi connectivity index (χ1v) is 8.05. The van der Waals surface area contributed by atoms with Gasteiger partial charge in [0.05, 0.1) is 12.2 Å². The van der Waals surface area contributed by atoms with Crippen LogP contribution in [0.2, 0.25) is 0 Å². The van der Waals surface area contributed by atoms with Gasteiger partial charge < -0.3 is 9.84 Å².